The fourth-order valence-electron chi connectivity index (χ4n) is 3.40. The van der Waals surface area contributed by atoms with E-state index in [1.165, 1.54) is 4.90 Å². The quantitative estimate of drug-likeness (QED) is 0.670. The van der Waals surface area contributed by atoms with E-state index in [1.807, 2.05) is 60.9 Å². The van der Waals surface area contributed by atoms with Crippen LogP contribution >= 0.6 is 11.8 Å². The Hall–Kier alpha value is -2.31. The SMILES string of the molecule is CSc1ccccc1NC(=O)C[NH+]1CCC(C(=O)Nc2ccccc2)CC1. The van der Waals surface area contributed by atoms with Crippen LogP contribution in [-0.2, 0) is 9.59 Å². The summed E-state index contributed by atoms with van der Waals surface area (Å²) in [5.74, 6) is 0.131. The molecule has 1 saturated heterocycles. The molecule has 3 N–H and O–H groups in total. The highest BCUT2D eigenvalue weighted by Crippen LogP contribution is 2.24. The predicted octanol–water partition coefficient (Wildman–Crippen LogP) is 2.28. The number of hydrogen-bond donors (Lipinski definition) is 3. The topological polar surface area (TPSA) is 62.6 Å². The number of hydrogen-bond acceptors (Lipinski definition) is 3. The number of anilines is 2. The van der Waals surface area contributed by atoms with E-state index in [-0.39, 0.29) is 17.7 Å². The van der Waals surface area contributed by atoms with Crippen LogP contribution < -0.4 is 15.5 Å². The van der Waals surface area contributed by atoms with E-state index < -0.39 is 0 Å². The van der Waals surface area contributed by atoms with Gasteiger partial charge in [0.15, 0.2) is 6.54 Å². The van der Waals surface area contributed by atoms with Crippen molar-refractivity contribution in [3.63, 3.8) is 0 Å². The molecule has 0 atom stereocenters. The molecule has 0 radical (unpaired) electrons. The summed E-state index contributed by atoms with van der Waals surface area (Å²) < 4.78 is 0. The third kappa shape index (κ3) is 5.58. The zero-order chi connectivity index (χ0) is 19.1. The lowest BCUT2D eigenvalue weighted by Crippen LogP contribution is -3.14. The van der Waals surface area contributed by atoms with Crippen LogP contribution in [0.4, 0.5) is 11.4 Å². The summed E-state index contributed by atoms with van der Waals surface area (Å²) in [6, 6.07) is 17.4. The number of carbonyl (C=O) groups excluding carboxylic acids is 2. The maximum atomic E-state index is 12.4. The Bertz CT molecular complexity index is 774. The first kappa shape index (κ1) is 19.5. The number of nitrogens with one attached hydrogen (secondary N) is 3. The number of piperidine rings is 1. The van der Waals surface area contributed by atoms with Crippen LogP contribution in [0.15, 0.2) is 59.5 Å². The minimum atomic E-state index is 0.0224. The van der Waals surface area contributed by atoms with Crippen LogP contribution in [0.25, 0.3) is 0 Å². The highest BCUT2D eigenvalue weighted by atomic mass is 32.2. The minimum absolute atomic E-state index is 0.0224. The van der Waals surface area contributed by atoms with Crippen molar-refractivity contribution in [2.75, 3.05) is 36.5 Å². The highest BCUT2D eigenvalue weighted by Gasteiger charge is 2.28. The molecule has 27 heavy (non-hydrogen) atoms. The van der Waals surface area contributed by atoms with Crippen molar-refractivity contribution < 1.29 is 14.5 Å². The van der Waals surface area contributed by atoms with Gasteiger partial charge >= 0.3 is 0 Å². The normalized spacial score (nSPS) is 19.3. The third-order valence-electron chi connectivity index (χ3n) is 4.90. The van der Waals surface area contributed by atoms with E-state index in [0.29, 0.717) is 6.54 Å². The molecule has 0 bridgehead atoms. The molecule has 1 aliphatic rings. The molecule has 2 aromatic carbocycles. The Morgan fingerprint density at radius 3 is 2.37 bits per heavy atom. The van der Waals surface area contributed by atoms with E-state index in [9.17, 15) is 9.59 Å². The summed E-state index contributed by atoms with van der Waals surface area (Å²) in [7, 11) is 0. The minimum Gasteiger partial charge on any atom is -0.327 e. The van der Waals surface area contributed by atoms with Crippen LogP contribution in [0.3, 0.4) is 0 Å². The predicted molar refractivity (Wildman–Crippen MR) is 110 cm³/mol. The Balaban J connectivity index is 1.45. The summed E-state index contributed by atoms with van der Waals surface area (Å²) in [5, 5.41) is 6.00. The second-order valence-corrected chi connectivity index (χ2v) is 7.65. The van der Waals surface area contributed by atoms with Crippen LogP contribution in [0.5, 0.6) is 0 Å². The Morgan fingerprint density at radius 2 is 1.67 bits per heavy atom. The van der Waals surface area contributed by atoms with Crippen molar-refractivity contribution in [3.8, 4) is 0 Å². The molecule has 2 amide bonds. The van der Waals surface area contributed by atoms with Crippen molar-refractivity contribution in [2.24, 2.45) is 5.92 Å². The first-order chi connectivity index (χ1) is 13.2. The summed E-state index contributed by atoms with van der Waals surface area (Å²) >= 11 is 1.62. The van der Waals surface area contributed by atoms with Gasteiger partial charge in [-0.3, -0.25) is 9.59 Å². The Labute approximate surface area is 164 Å². The van der Waals surface area contributed by atoms with Gasteiger partial charge in [-0.15, -0.1) is 11.8 Å². The van der Waals surface area contributed by atoms with Crippen molar-refractivity contribution in [1.82, 2.24) is 0 Å². The maximum absolute atomic E-state index is 12.4. The molecule has 0 saturated carbocycles. The van der Waals surface area contributed by atoms with Crippen LogP contribution in [0.1, 0.15) is 12.8 Å². The summed E-state index contributed by atoms with van der Waals surface area (Å²) in [5.41, 5.74) is 1.70. The van der Waals surface area contributed by atoms with Gasteiger partial charge in [0.05, 0.1) is 18.8 Å². The second kappa shape index (κ2) is 9.58. The number of quaternary nitrogens is 1. The van der Waals surface area contributed by atoms with E-state index in [0.717, 1.165) is 42.2 Å². The van der Waals surface area contributed by atoms with Crippen molar-refractivity contribution in [2.45, 2.75) is 17.7 Å². The number of amides is 2. The molecule has 5 nitrogen and oxygen atoms in total. The molecule has 0 spiro atoms. The average molecular weight is 385 g/mol. The molecule has 1 fully saturated rings. The standard InChI is InChI=1S/C21H25N3O2S/c1-27-19-10-6-5-9-18(19)23-20(25)15-24-13-11-16(12-14-24)21(26)22-17-7-3-2-4-8-17/h2-10,16H,11-15H2,1H3,(H,22,26)(H,23,25)/p+1. The summed E-state index contributed by atoms with van der Waals surface area (Å²) in [4.78, 5) is 27.1. The van der Waals surface area contributed by atoms with E-state index in [1.54, 1.807) is 11.8 Å². The molecule has 142 valence electrons. The zero-order valence-electron chi connectivity index (χ0n) is 15.5. The largest absolute Gasteiger partial charge is 0.327 e. The van der Waals surface area contributed by atoms with Gasteiger partial charge in [0.2, 0.25) is 5.91 Å². The van der Waals surface area contributed by atoms with Crippen molar-refractivity contribution in [1.29, 1.82) is 0 Å². The molecule has 1 aliphatic heterocycles. The highest BCUT2D eigenvalue weighted by molar-refractivity contribution is 7.98. The monoisotopic (exact) mass is 384 g/mol. The number of carbonyl (C=O) groups is 2. The molecule has 1 heterocycles. The molecule has 0 unspecified atom stereocenters. The molecule has 0 aromatic heterocycles. The third-order valence-corrected chi connectivity index (χ3v) is 5.69. The molecule has 0 aliphatic carbocycles. The van der Waals surface area contributed by atoms with Crippen LogP contribution in [-0.4, -0.2) is 37.7 Å². The van der Waals surface area contributed by atoms with Gasteiger partial charge in [0, 0.05) is 29.3 Å². The van der Waals surface area contributed by atoms with E-state index in [4.69, 9.17) is 0 Å². The fourth-order valence-corrected chi connectivity index (χ4v) is 3.95. The van der Waals surface area contributed by atoms with Crippen molar-refractivity contribution >= 4 is 35.0 Å². The maximum Gasteiger partial charge on any atom is 0.279 e. The second-order valence-electron chi connectivity index (χ2n) is 6.80. The summed E-state index contributed by atoms with van der Waals surface area (Å²) in [6.45, 7) is 2.12. The van der Waals surface area contributed by atoms with Gasteiger partial charge in [0.25, 0.3) is 5.91 Å². The first-order valence-electron chi connectivity index (χ1n) is 9.28. The Kier molecular flexibility index (Phi) is 6.90. The van der Waals surface area contributed by atoms with Crippen LogP contribution in [0.2, 0.25) is 0 Å². The summed E-state index contributed by atoms with van der Waals surface area (Å²) in [6.07, 6.45) is 3.62. The number of likely N-dealkylation sites (tertiary alicyclic amines) is 1. The first-order valence-corrected chi connectivity index (χ1v) is 10.5. The van der Waals surface area contributed by atoms with Gasteiger partial charge in [-0.25, -0.2) is 0 Å². The number of thioether (sulfide) groups is 1. The number of para-hydroxylation sites is 2. The van der Waals surface area contributed by atoms with Crippen LogP contribution in [0, 0.1) is 5.92 Å². The number of benzene rings is 2. The van der Waals surface area contributed by atoms with Gasteiger partial charge < -0.3 is 15.5 Å². The van der Waals surface area contributed by atoms with Gasteiger partial charge in [-0.2, -0.15) is 0 Å². The average Bonchev–Trinajstić information content (AvgIpc) is 2.69. The molecular weight excluding hydrogens is 358 g/mol. The smallest absolute Gasteiger partial charge is 0.279 e. The lowest BCUT2D eigenvalue weighted by atomic mass is 9.96. The zero-order valence-corrected chi connectivity index (χ0v) is 16.4. The lowest BCUT2D eigenvalue weighted by molar-refractivity contribution is -0.897. The molecule has 3 rings (SSSR count). The van der Waals surface area contributed by atoms with Crippen molar-refractivity contribution in [3.05, 3.63) is 54.6 Å². The molecule has 6 heteroatoms. The van der Waals surface area contributed by atoms with E-state index >= 15 is 0 Å². The Morgan fingerprint density at radius 1 is 1.00 bits per heavy atom. The molecule has 2 aromatic rings. The fraction of sp³-hybridized carbons (Fsp3) is 0.333. The lowest BCUT2D eigenvalue weighted by Gasteiger charge is -2.28. The van der Waals surface area contributed by atoms with E-state index in [2.05, 4.69) is 10.6 Å². The molecular formula is C21H26N3O2S+. The van der Waals surface area contributed by atoms with Gasteiger partial charge in [0.1, 0.15) is 0 Å². The van der Waals surface area contributed by atoms with Gasteiger partial charge in [-0.1, -0.05) is 30.3 Å². The number of rotatable bonds is 6. The van der Waals surface area contributed by atoms with Gasteiger partial charge in [-0.05, 0) is 30.5 Å².